The largest absolute Gasteiger partial charge is 0.496 e. The van der Waals surface area contributed by atoms with Crippen LogP contribution in [0.2, 0.25) is 5.02 Å². The van der Waals surface area contributed by atoms with Gasteiger partial charge in [0.15, 0.2) is 0 Å². The Morgan fingerprint density at radius 3 is 2.70 bits per heavy atom. The molecule has 1 aromatic carbocycles. The zero-order chi connectivity index (χ0) is 14.3. The number of fused-ring (bicyclic) bond motifs is 1. The van der Waals surface area contributed by atoms with E-state index in [0.29, 0.717) is 29.3 Å². The maximum atomic E-state index is 10.7. The number of hydrogen-bond donors (Lipinski definition) is 2. The molecule has 0 spiro atoms. The number of aliphatic hydroxyl groups is 1. The van der Waals surface area contributed by atoms with E-state index in [-0.39, 0.29) is 12.0 Å². The van der Waals surface area contributed by atoms with E-state index in [1.807, 2.05) is 12.1 Å². The Kier molecular flexibility index (Phi) is 3.93. The molecule has 0 amide bonds. The molecule has 110 valence electrons. The van der Waals surface area contributed by atoms with Crippen LogP contribution in [0, 0.1) is 17.8 Å². The van der Waals surface area contributed by atoms with Gasteiger partial charge >= 0.3 is 0 Å². The number of hydrogen-bond acceptors (Lipinski definition) is 3. The molecule has 4 atom stereocenters. The summed E-state index contributed by atoms with van der Waals surface area (Å²) < 4.78 is 5.40. The lowest BCUT2D eigenvalue weighted by Gasteiger charge is -2.25. The van der Waals surface area contributed by atoms with Crippen LogP contribution < -0.4 is 10.5 Å². The minimum absolute atomic E-state index is 0.0979. The van der Waals surface area contributed by atoms with Crippen LogP contribution >= 0.6 is 11.6 Å². The number of nitrogens with two attached hydrogens (primary N) is 1. The number of rotatable bonds is 5. The summed E-state index contributed by atoms with van der Waals surface area (Å²) in [5.74, 6) is 2.50. The fraction of sp³-hybridized carbons (Fsp3) is 0.625. The van der Waals surface area contributed by atoms with Crippen LogP contribution in [0.5, 0.6) is 5.75 Å². The topological polar surface area (TPSA) is 55.5 Å². The number of halogens is 1. The van der Waals surface area contributed by atoms with Crippen LogP contribution in [0.15, 0.2) is 18.2 Å². The smallest absolute Gasteiger partial charge is 0.122 e. The third-order valence-corrected chi connectivity index (χ3v) is 5.36. The monoisotopic (exact) mass is 295 g/mol. The predicted molar refractivity (Wildman–Crippen MR) is 80.1 cm³/mol. The van der Waals surface area contributed by atoms with Gasteiger partial charge in [0, 0.05) is 23.0 Å². The minimum Gasteiger partial charge on any atom is -0.496 e. The Morgan fingerprint density at radius 1 is 1.40 bits per heavy atom. The van der Waals surface area contributed by atoms with E-state index < -0.39 is 0 Å². The highest BCUT2D eigenvalue weighted by atomic mass is 35.5. The van der Waals surface area contributed by atoms with E-state index in [2.05, 4.69) is 0 Å². The SMILES string of the molecule is COc1ccc(Cl)cc1C(CN)C(O)C1C2CCCC21. The van der Waals surface area contributed by atoms with Gasteiger partial charge in [-0.15, -0.1) is 0 Å². The summed E-state index contributed by atoms with van der Waals surface area (Å²) in [4.78, 5) is 0. The summed E-state index contributed by atoms with van der Waals surface area (Å²) in [5.41, 5.74) is 6.87. The molecule has 3 rings (SSSR count). The van der Waals surface area contributed by atoms with Crippen molar-refractivity contribution in [3.8, 4) is 5.75 Å². The molecule has 2 aliphatic carbocycles. The van der Waals surface area contributed by atoms with E-state index in [1.54, 1.807) is 13.2 Å². The zero-order valence-corrected chi connectivity index (χ0v) is 12.5. The van der Waals surface area contributed by atoms with Crippen molar-refractivity contribution >= 4 is 11.6 Å². The van der Waals surface area contributed by atoms with Crippen LogP contribution in [0.1, 0.15) is 30.7 Å². The molecular formula is C16H22ClNO2. The van der Waals surface area contributed by atoms with Gasteiger partial charge in [-0.25, -0.2) is 0 Å². The van der Waals surface area contributed by atoms with E-state index in [0.717, 1.165) is 11.3 Å². The van der Waals surface area contributed by atoms with Crippen molar-refractivity contribution in [1.82, 2.24) is 0 Å². The van der Waals surface area contributed by atoms with Gasteiger partial charge in [-0.3, -0.25) is 0 Å². The van der Waals surface area contributed by atoms with Gasteiger partial charge in [-0.05, 0) is 48.8 Å². The third-order valence-electron chi connectivity index (χ3n) is 5.12. The molecule has 0 radical (unpaired) electrons. The Labute approximate surface area is 125 Å². The van der Waals surface area contributed by atoms with E-state index in [9.17, 15) is 5.11 Å². The summed E-state index contributed by atoms with van der Waals surface area (Å²) in [6.07, 6.45) is 3.45. The van der Waals surface area contributed by atoms with Crippen molar-refractivity contribution in [2.45, 2.75) is 31.3 Å². The Bertz CT molecular complexity index is 483. The molecule has 0 heterocycles. The average molecular weight is 296 g/mol. The lowest BCUT2D eigenvalue weighted by atomic mass is 9.87. The van der Waals surface area contributed by atoms with Gasteiger partial charge in [-0.2, -0.15) is 0 Å². The standard InChI is InChI=1S/C16H22ClNO2/c1-20-14-6-5-9(17)7-12(14)13(8-18)16(19)15-10-3-2-4-11(10)15/h5-7,10-11,13,15-16,19H,2-4,8,18H2,1H3. The summed E-state index contributed by atoms with van der Waals surface area (Å²) >= 11 is 6.09. The molecule has 1 aromatic rings. The van der Waals surface area contributed by atoms with Crippen molar-refractivity contribution in [2.24, 2.45) is 23.5 Å². The van der Waals surface area contributed by atoms with Crippen LogP contribution in [-0.4, -0.2) is 24.9 Å². The highest BCUT2D eigenvalue weighted by Crippen LogP contribution is 2.60. The molecule has 4 unspecified atom stereocenters. The first-order valence-electron chi connectivity index (χ1n) is 7.39. The lowest BCUT2D eigenvalue weighted by molar-refractivity contribution is 0.107. The normalized spacial score (nSPS) is 30.7. The molecule has 3 nitrogen and oxygen atoms in total. The first kappa shape index (κ1) is 14.2. The third kappa shape index (κ3) is 2.32. The number of aliphatic hydroxyl groups excluding tert-OH is 1. The summed E-state index contributed by atoms with van der Waals surface area (Å²) in [6, 6.07) is 5.52. The summed E-state index contributed by atoms with van der Waals surface area (Å²) in [5, 5.41) is 11.4. The Hall–Kier alpha value is -0.770. The number of ether oxygens (including phenoxy) is 1. The molecule has 0 aromatic heterocycles. The van der Waals surface area contributed by atoms with Crippen LogP contribution in [0.25, 0.3) is 0 Å². The average Bonchev–Trinajstić information content (AvgIpc) is 2.93. The molecule has 4 heteroatoms. The highest BCUT2D eigenvalue weighted by molar-refractivity contribution is 6.30. The number of methoxy groups -OCH3 is 1. The molecule has 2 aliphatic rings. The fourth-order valence-electron chi connectivity index (χ4n) is 4.10. The fourth-order valence-corrected chi connectivity index (χ4v) is 4.28. The Balaban J connectivity index is 1.84. The highest BCUT2D eigenvalue weighted by Gasteiger charge is 2.57. The van der Waals surface area contributed by atoms with Gasteiger partial charge in [0.1, 0.15) is 5.75 Å². The maximum absolute atomic E-state index is 10.7. The molecule has 2 fully saturated rings. The van der Waals surface area contributed by atoms with E-state index in [4.69, 9.17) is 22.1 Å². The lowest BCUT2D eigenvalue weighted by Crippen LogP contribution is -2.29. The maximum Gasteiger partial charge on any atom is 0.122 e. The van der Waals surface area contributed by atoms with Crippen LogP contribution in [-0.2, 0) is 0 Å². The van der Waals surface area contributed by atoms with Gasteiger partial charge in [0.2, 0.25) is 0 Å². The van der Waals surface area contributed by atoms with Crippen molar-refractivity contribution in [3.63, 3.8) is 0 Å². The second-order valence-electron chi connectivity index (χ2n) is 6.06. The first-order valence-corrected chi connectivity index (χ1v) is 7.76. The zero-order valence-electron chi connectivity index (χ0n) is 11.8. The first-order chi connectivity index (χ1) is 9.67. The van der Waals surface area contributed by atoms with Gasteiger partial charge in [0.05, 0.1) is 13.2 Å². The molecule has 3 N–H and O–H groups in total. The van der Waals surface area contributed by atoms with Crippen molar-refractivity contribution in [1.29, 1.82) is 0 Å². The van der Waals surface area contributed by atoms with Crippen LogP contribution in [0.3, 0.4) is 0 Å². The minimum atomic E-state index is -0.386. The predicted octanol–water partition coefficient (Wildman–Crippen LogP) is 2.80. The second-order valence-corrected chi connectivity index (χ2v) is 6.49. The molecular weight excluding hydrogens is 274 g/mol. The molecule has 0 aliphatic heterocycles. The molecule has 0 bridgehead atoms. The number of benzene rings is 1. The quantitative estimate of drug-likeness (QED) is 0.878. The van der Waals surface area contributed by atoms with Crippen molar-refractivity contribution < 1.29 is 9.84 Å². The van der Waals surface area contributed by atoms with Gasteiger partial charge in [-0.1, -0.05) is 18.0 Å². The van der Waals surface area contributed by atoms with E-state index >= 15 is 0 Å². The molecule has 20 heavy (non-hydrogen) atoms. The van der Waals surface area contributed by atoms with Crippen molar-refractivity contribution in [3.05, 3.63) is 28.8 Å². The van der Waals surface area contributed by atoms with Gasteiger partial charge < -0.3 is 15.6 Å². The Morgan fingerprint density at radius 2 is 2.10 bits per heavy atom. The van der Waals surface area contributed by atoms with Crippen LogP contribution in [0.4, 0.5) is 0 Å². The molecule has 2 saturated carbocycles. The molecule has 0 saturated heterocycles. The van der Waals surface area contributed by atoms with Crippen molar-refractivity contribution in [2.75, 3.05) is 13.7 Å². The van der Waals surface area contributed by atoms with Gasteiger partial charge in [0.25, 0.3) is 0 Å². The summed E-state index contributed by atoms with van der Waals surface area (Å²) in [6.45, 7) is 0.411. The second kappa shape index (κ2) is 5.55. The summed E-state index contributed by atoms with van der Waals surface area (Å²) in [7, 11) is 1.64. The van der Waals surface area contributed by atoms with E-state index in [1.165, 1.54) is 19.3 Å².